The van der Waals surface area contributed by atoms with E-state index in [0.29, 0.717) is 23.9 Å². The second-order valence-corrected chi connectivity index (χ2v) is 6.78. The molecule has 2 N–H and O–H groups in total. The van der Waals surface area contributed by atoms with Crippen LogP contribution >= 0.6 is 0 Å². The Morgan fingerprint density at radius 3 is 1.65 bits per heavy atom. The molecule has 0 aromatic carbocycles. The Morgan fingerprint density at radius 2 is 1.30 bits per heavy atom. The third kappa shape index (κ3) is 3.64. The Labute approximate surface area is 123 Å². The van der Waals surface area contributed by atoms with Gasteiger partial charge in [0.1, 0.15) is 0 Å². The van der Waals surface area contributed by atoms with Crippen molar-refractivity contribution >= 4 is 6.03 Å². The van der Waals surface area contributed by atoms with Crippen LogP contribution in [0.3, 0.4) is 0 Å². The molecule has 2 heterocycles. The number of hydrogen-bond acceptors (Lipinski definition) is 3. The first-order valence-electron chi connectivity index (χ1n) is 7.99. The Balaban J connectivity index is 1.93. The summed E-state index contributed by atoms with van der Waals surface area (Å²) in [5.74, 6) is 1.13. The maximum absolute atomic E-state index is 12.7. The fourth-order valence-electron chi connectivity index (χ4n) is 3.00. The number of amides is 2. The van der Waals surface area contributed by atoms with Crippen molar-refractivity contribution in [1.29, 1.82) is 0 Å². The summed E-state index contributed by atoms with van der Waals surface area (Å²) in [5.41, 5.74) is 0. The summed E-state index contributed by atoms with van der Waals surface area (Å²) >= 11 is 0. The zero-order chi connectivity index (χ0) is 14.7. The van der Waals surface area contributed by atoms with E-state index in [0.717, 1.165) is 39.3 Å². The summed E-state index contributed by atoms with van der Waals surface area (Å²) in [5, 5.41) is 7.02. The molecule has 2 atom stereocenters. The first kappa shape index (κ1) is 15.6. The minimum atomic E-state index is 0.226. The van der Waals surface area contributed by atoms with Crippen LogP contribution in [0.1, 0.15) is 27.7 Å². The lowest BCUT2D eigenvalue weighted by Gasteiger charge is -2.41. The van der Waals surface area contributed by atoms with Crippen LogP contribution in [-0.2, 0) is 0 Å². The van der Waals surface area contributed by atoms with E-state index in [4.69, 9.17) is 0 Å². The van der Waals surface area contributed by atoms with Crippen molar-refractivity contribution in [3.63, 3.8) is 0 Å². The summed E-state index contributed by atoms with van der Waals surface area (Å²) in [4.78, 5) is 16.7. The molecule has 5 nitrogen and oxygen atoms in total. The van der Waals surface area contributed by atoms with Crippen LogP contribution < -0.4 is 10.6 Å². The maximum atomic E-state index is 12.7. The van der Waals surface area contributed by atoms with Crippen LogP contribution in [-0.4, -0.2) is 67.2 Å². The molecular weight excluding hydrogens is 252 g/mol. The van der Waals surface area contributed by atoms with E-state index in [1.54, 1.807) is 0 Å². The van der Waals surface area contributed by atoms with Crippen molar-refractivity contribution in [3.05, 3.63) is 0 Å². The normalized spacial score (nSPS) is 28.3. The van der Waals surface area contributed by atoms with Gasteiger partial charge in [0.05, 0.1) is 0 Å². The van der Waals surface area contributed by atoms with E-state index >= 15 is 0 Å². The number of hydrogen-bond donors (Lipinski definition) is 2. The molecule has 2 aliphatic heterocycles. The average Bonchev–Trinajstić information content (AvgIpc) is 2.46. The number of piperazine rings is 2. The van der Waals surface area contributed by atoms with Crippen LogP contribution in [0.4, 0.5) is 4.79 Å². The van der Waals surface area contributed by atoms with E-state index in [9.17, 15) is 4.79 Å². The van der Waals surface area contributed by atoms with E-state index in [2.05, 4.69) is 38.3 Å². The predicted molar refractivity (Wildman–Crippen MR) is 81.8 cm³/mol. The van der Waals surface area contributed by atoms with Gasteiger partial charge >= 0.3 is 6.03 Å². The van der Waals surface area contributed by atoms with Gasteiger partial charge in [-0.15, -0.1) is 0 Å². The summed E-state index contributed by atoms with van der Waals surface area (Å²) < 4.78 is 0. The van der Waals surface area contributed by atoms with Gasteiger partial charge in [0.15, 0.2) is 0 Å². The molecule has 2 amide bonds. The summed E-state index contributed by atoms with van der Waals surface area (Å²) in [6.07, 6.45) is 0. The fourth-order valence-corrected chi connectivity index (χ4v) is 3.00. The second-order valence-electron chi connectivity index (χ2n) is 6.78. The number of urea groups is 1. The SMILES string of the molecule is CC(C)C1CN(C(=O)N2CCNC(C(C)C)C2)CCN1. The molecule has 116 valence electrons. The van der Waals surface area contributed by atoms with Crippen LogP contribution in [0.5, 0.6) is 0 Å². The van der Waals surface area contributed by atoms with Gasteiger partial charge in [-0.3, -0.25) is 0 Å². The van der Waals surface area contributed by atoms with Crippen LogP contribution in [0.25, 0.3) is 0 Å². The minimum absolute atomic E-state index is 0.226. The quantitative estimate of drug-likeness (QED) is 0.793. The molecule has 0 radical (unpaired) electrons. The third-order valence-corrected chi connectivity index (χ3v) is 4.56. The molecule has 0 aromatic rings. The van der Waals surface area contributed by atoms with Crippen LogP contribution in [0.15, 0.2) is 0 Å². The number of rotatable bonds is 2. The largest absolute Gasteiger partial charge is 0.322 e. The Hall–Kier alpha value is -0.810. The minimum Gasteiger partial charge on any atom is -0.322 e. The van der Waals surface area contributed by atoms with Gasteiger partial charge in [-0.25, -0.2) is 4.79 Å². The Morgan fingerprint density at radius 1 is 0.900 bits per heavy atom. The van der Waals surface area contributed by atoms with Gasteiger partial charge in [-0.1, -0.05) is 27.7 Å². The molecule has 0 bridgehead atoms. The van der Waals surface area contributed by atoms with Crippen molar-refractivity contribution < 1.29 is 4.79 Å². The lowest BCUT2D eigenvalue weighted by Crippen LogP contribution is -2.61. The van der Waals surface area contributed by atoms with Crippen LogP contribution in [0.2, 0.25) is 0 Å². The molecule has 2 unspecified atom stereocenters. The Bertz CT molecular complexity index is 302. The zero-order valence-electron chi connectivity index (χ0n) is 13.4. The van der Waals surface area contributed by atoms with Crippen molar-refractivity contribution in [2.24, 2.45) is 11.8 Å². The highest BCUT2D eigenvalue weighted by Crippen LogP contribution is 2.13. The molecule has 20 heavy (non-hydrogen) atoms. The number of nitrogens with zero attached hydrogens (tertiary/aromatic N) is 2. The third-order valence-electron chi connectivity index (χ3n) is 4.56. The second kappa shape index (κ2) is 6.76. The molecule has 0 spiro atoms. The van der Waals surface area contributed by atoms with Crippen molar-refractivity contribution in [2.75, 3.05) is 39.3 Å². The van der Waals surface area contributed by atoms with Crippen LogP contribution in [0, 0.1) is 11.8 Å². The van der Waals surface area contributed by atoms with Crippen molar-refractivity contribution in [2.45, 2.75) is 39.8 Å². The molecule has 2 saturated heterocycles. The fraction of sp³-hybridized carbons (Fsp3) is 0.933. The van der Waals surface area contributed by atoms with Gasteiger partial charge in [-0.2, -0.15) is 0 Å². The lowest BCUT2D eigenvalue weighted by atomic mass is 10.0. The highest BCUT2D eigenvalue weighted by Gasteiger charge is 2.31. The zero-order valence-corrected chi connectivity index (χ0v) is 13.4. The summed E-state index contributed by atoms with van der Waals surface area (Å²) in [6, 6.07) is 1.08. The van der Waals surface area contributed by atoms with Gasteiger partial charge in [-0.05, 0) is 11.8 Å². The van der Waals surface area contributed by atoms with E-state index in [1.807, 2.05) is 9.80 Å². The lowest BCUT2D eigenvalue weighted by molar-refractivity contribution is 0.112. The molecule has 0 aromatic heterocycles. The molecule has 5 heteroatoms. The topological polar surface area (TPSA) is 47.6 Å². The van der Waals surface area contributed by atoms with E-state index in [-0.39, 0.29) is 6.03 Å². The predicted octanol–water partition coefficient (Wildman–Crippen LogP) is 0.966. The number of nitrogens with one attached hydrogen (secondary N) is 2. The van der Waals surface area contributed by atoms with Gasteiger partial charge in [0.2, 0.25) is 0 Å². The van der Waals surface area contributed by atoms with Gasteiger partial charge < -0.3 is 20.4 Å². The van der Waals surface area contributed by atoms with E-state index in [1.165, 1.54) is 0 Å². The van der Waals surface area contributed by atoms with Gasteiger partial charge in [0, 0.05) is 51.4 Å². The molecule has 2 rings (SSSR count). The average molecular weight is 282 g/mol. The molecular formula is C15H30N4O. The molecule has 0 aliphatic carbocycles. The first-order valence-corrected chi connectivity index (χ1v) is 7.99. The smallest absolute Gasteiger partial charge is 0.320 e. The highest BCUT2D eigenvalue weighted by molar-refractivity contribution is 5.75. The standard InChI is InChI=1S/C15H30N4O/c1-11(2)13-9-18(7-5-16-13)15(20)19-8-6-17-14(10-19)12(3)4/h11-14,16-17H,5-10H2,1-4H3. The molecule has 0 saturated carbocycles. The number of carbonyl (C=O) groups excluding carboxylic acids is 1. The molecule has 2 aliphatic rings. The number of carbonyl (C=O) groups is 1. The van der Waals surface area contributed by atoms with Gasteiger partial charge in [0.25, 0.3) is 0 Å². The first-order chi connectivity index (χ1) is 9.49. The van der Waals surface area contributed by atoms with E-state index < -0.39 is 0 Å². The summed E-state index contributed by atoms with van der Waals surface area (Å²) in [6.45, 7) is 14.0. The van der Waals surface area contributed by atoms with Crippen molar-refractivity contribution in [3.8, 4) is 0 Å². The summed E-state index contributed by atoms with van der Waals surface area (Å²) in [7, 11) is 0. The van der Waals surface area contributed by atoms with Crippen molar-refractivity contribution in [1.82, 2.24) is 20.4 Å². The maximum Gasteiger partial charge on any atom is 0.320 e. The highest BCUT2D eigenvalue weighted by atomic mass is 16.2. The Kier molecular flexibility index (Phi) is 5.27. The molecule has 2 fully saturated rings. The monoisotopic (exact) mass is 282 g/mol.